The molecule has 1 aromatic rings. The average molecular weight is 512 g/mol. The molecular formula is C22H33IN4O2. The summed E-state index contributed by atoms with van der Waals surface area (Å²) in [5.41, 5.74) is 1.83. The molecule has 0 radical (unpaired) electrons. The predicted molar refractivity (Wildman–Crippen MR) is 126 cm³/mol. The summed E-state index contributed by atoms with van der Waals surface area (Å²) in [4.78, 5) is 19.5. The number of carbonyl (C=O) groups excluding carboxylic acids is 1. The largest absolute Gasteiger partial charge is 0.373 e. The van der Waals surface area contributed by atoms with Gasteiger partial charge in [-0.25, -0.2) is 4.99 Å². The number of nitrogens with zero attached hydrogens (tertiary/aromatic N) is 2. The second-order valence-corrected chi connectivity index (χ2v) is 8.11. The summed E-state index contributed by atoms with van der Waals surface area (Å²) in [6, 6.07) is 8.26. The first-order chi connectivity index (χ1) is 13.7. The van der Waals surface area contributed by atoms with Crippen LogP contribution in [-0.2, 0) is 11.3 Å². The molecule has 3 atom stereocenters. The van der Waals surface area contributed by atoms with Crippen LogP contribution in [0.15, 0.2) is 29.3 Å². The van der Waals surface area contributed by atoms with E-state index < -0.39 is 0 Å². The van der Waals surface area contributed by atoms with Crippen LogP contribution < -0.4 is 10.6 Å². The van der Waals surface area contributed by atoms with Crippen molar-refractivity contribution < 1.29 is 9.53 Å². The Morgan fingerprint density at radius 2 is 2.07 bits per heavy atom. The molecule has 3 fully saturated rings. The van der Waals surface area contributed by atoms with Crippen molar-refractivity contribution in [2.45, 2.75) is 70.2 Å². The van der Waals surface area contributed by atoms with Gasteiger partial charge in [-0.15, -0.1) is 24.0 Å². The monoisotopic (exact) mass is 512 g/mol. The Bertz CT molecular complexity index is 721. The minimum absolute atomic E-state index is 0. The highest BCUT2D eigenvalue weighted by Crippen LogP contribution is 2.34. The number of ether oxygens (including phenoxy) is 1. The Morgan fingerprint density at radius 3 is 2.76 bits per heavy atom. The molecule has 160 valence electrons. The number of piperidine rings is 1. The zero-order chi connectivity index (χ0) is 19.3. The summed E-state index contributed by atoms with van der Waals surface area (Å²) in [6.07, 6.45) is 7.58. The quantitative estimate of drug-likeness (QED) is 0.361. The van der Waals surface area contributed by atoms with Crippen molar-refractivity contribution in [1.82, 2.24) is 15.5 Å². The fourth-order valence-electron chi connectivity index (χ4n) is 4.54. The summed E-state index contributed by atoms with van der Waals surface area (Å²) in [6.45, 7) is 5.20. The Morgan fingerprint density at radius 1 is 1.24 bits per heavy atom. The fraction of sp³-hybridized carbons (Fsp3) is 0.636. The fourth-order valence-corrected chi connectivity index (χ4v) is 4.54. The van der Waals surface area contributed by atoms with Crippen LogP contribution >= 0.6 is 24.0 Å². The Kier molecular flexibility index (Phi) is 8.17. The molecular weight excluding hydrogens is 479 g/mol. The first-order valence-electron chi connectivity index (χ1n) is 10.8. The van der Waals surface area contributed by atoms with Crippen LogP contribution in [0.3, 0.4) is 0 Å². The van der Waals surface area contributed by atoms with E-state index in [-0.39, 0.29) is 29.9 Å². The second kappa shape index (κ2) is 10.6. The standard InChI is InChI=1S/C22H32N4O2.HI/c1-2-23-22(25-19-14-18-9-10-20(19)28-18)24-15-16-7-6-8-17(13-16)21(27)26-11-4-3-5-12-26;/h6-8,13,18-20H,2-5,9-12,14-15H2,1H3,(H2,23,24,25);1H. The van der Waals surface area contributed by atoms with Crippen molar-refractivity contribution in [2.24, 2.45) is 4.99 Å². The van der Waals surface area contributed by atoms with Gasteiger partial charge in [0.2, 0.25) is 0 Å². The molecule has 0 saturated carbocycles. The zero-order valence-corrected chi connectivity index (χ0v) is 19.6. The number of nitrogens with one attached hydrogen (secondary N) is 2. The lowest BCUT2D eigenvalue weighted by Gasteiger charge is -2.26. The number of hydrogen-bond acceptors (Lipinski definition) is 3. The second-order valence-electron chi connectivity index (χ2n) is 8.11. The smallest absolute Gasteiger partial charge is 0.253 e. The van der Waals surface area contributed by atoms with E-state index in [4.69, 9.17) is 9.73 Å². The maximum absolute atomic E-state index is 12.7. The Balaban J connectivity index is 0.00000240. The van der Waals surface area contributed by atoms with E-state index in [0.29, 0.717) is 24.8 Å². The van der Waals surface area contributed by atoms with Crippen molar-refractivity contribution >= 4 is 35.8 Å². The number of hydrogen-bond donors (Lipinski definition) is 2. The highest BCUT2D eigenvalue weighted by atomic mass is 127. The highest BCUT2D eigenvalue weighted by Gasteiger charge is 2.41. The molecule has 1 amide bonds. The van der Waals surface area contributed by atoms with Crippen LogP contribution in [0.1, 0.15) is 61.4 Å². The van der Waals surface area contributed by atoms with Gasteiger partial charge in [0.15, 0.2) is 5.96 Å². The van der Waals surface area contributed by atoms with E-state index in [9.17, 15) is 4.79 Å². The summed E-state index contributed by atoms with van der Waals surface area (Å²) < 4.78 is 5.94. The van der Waals surface area contributed by atoms with Gasteiger partial charge in [-0.05, 0) is 63.1 Å². The number of guanidine groups is 1. The van der Waals surface area contributed by atoms with Crippen molar-refractivity contribution in [3.63, 3.8) is 0 Å². The van der Waals surface area contributed by atoms with Gasteiger partial charge in [0, 0.05) is 25.2 Å². The van der Waals surface area contributed by atoms with Gasteiger partial charge in [-0.3, -0.25) is 4.79 Å². The van der Waals surface area contributed by atoms with E-state index in [0.717, 1.165) is 62.4 Å². The molecule has 2 N–H and O–H groups in total. The molecule has 3 heterocycles. The van der Waals surface area contributed by atoms with Crippen LogP contribution in [0, 0.1) is 0 Å². The molecule has 2 bridgehead atoms. The van der Waals surface area contributed by atoms with Gasteiger partial charge in [-0.2, -0.15) is 0 Å². The Hall–Kier alpha value is -1.35. The molecule has 0 aliphatic carbocycles. The number of fused-ring (bicyclic) bond motifs is 2. The summed E-state index contributed by atoms with van der Waals surface area (Å²) in [7, 11) is 0. The predicted octanol–water partition coefficient (Wildman–Crippen LogP) is 3.31. The molecule has 0 spiro atoms. The molecule has 3 aliphatic rings. The third-order valence-corrected chi connectivity index (χ3v) is 6.01. The molecule has 1 aromatic carbocycles. The summed E-state index contributed by atoms with van der Waals surface area (Å²) in [5, 5.41) is 6.88. The van der Waals surface area contributed by atoms with Crippen LogP contribution in [0.5, 0.6) is 0 Å². The van der Waals surface area contributed by atoms with E-state index in [2.05, 4.69) is 17.6 Å². The number of aliphatic imine (C=N–C) groups is 1. The molecule has 3 saturated heterocycles. The number of rotatable bonds is 5. The van der Waals surface area contributed by atoms with E-state index in [1.54, 1.807) is 0 Å². The molecule has 6 nitrogen and oxygen atoms in total. The third kappa shape index (κ3) is 5.63. The van der Waals surface area contributed by atoms with Crippen molar-refractivity contribution in [1.29, 1.82) is 0 Å². The van der Waals surface area contributed by atoms with Gasteiger partial charge in [0.05, 0.1) is 24.8 Å². The summed E-state index contributed by atoms with van der Waals surface area (Å²) >= 11 is 0. The van der Waals surface area contributed by atoms with Gasteiger partial charge in [0.1, 0.15) is 0 Å². The minimum atomic E-state index is 0. The van der Waals surface area contributed by atoms with E-state index in [1.165, 1.54) is 12.8 Å². The number of amides is 1. The number of benzene rings is 1. The van der Waals surface area contributed by atoms with Crippen LogP contribution in [0.4, 0.5) is 0 Å². The molecule has 3 aliphatic heterocycles. The van der Waals surface area contributed by atoms with Gasteiger partial charge < -0.3 is 20.3 Å². The average Bonchev–Trinajstić information content (AvgIpc) is 3.36. The normalized spacial score (nSPS) is 26.2. The first kappa shape index (κ1) is 22.3. The van der Waals surface area contributed by atoms with Gasteiger partial charge in [-0.1, -0.05) is 12.1 Å². The highest BCUT2D eigenvalue weighted by molar-refractivity contribution is 14.0. The maximum Gasteiger partial charge on any atom is 0.253 e. The molecule has 29 heavy (non-hydrogen) atoms. The van der Waals surface area contributed by atoms with Gasteiger partial charge in [0.25, 0.3) is 5.91 Å². The van der Waals surface area contributed by atoms with Crippen molar-refractivity contribution in [2.75, 3.05) is 19.6 Å². The lowest BCUT2D eigenvalue weighted by molar-refractivity contribution is 0.0724. The number of carbonyl (C=O) groups is 1. The minimum Gasteiger partial charge on any atom is -0.373 e. The van der Waals surface area contributed by atoms with E-state index in [1.807, 2.05) is 29.2 Å². The van der Waals surface area contributed by atoms with Crippen molar-refractivity contribution in [3.8, 4) is 0 Å². The van der Waals surface area contributed by atoms with Crippen LogP contribution in [-0.4, -0.2) is 54.7 Å². The summed E-state index contributed by atoms with van der Waals surface area (Å²) in [5.74, 6) is 0.978. The maximum atomic E-state index is 12.7. The lowest BCUT2D eigenvalue weighted by atomic mass is 9.96. The van der Waals surface area contributed by atoms with Crippen LogP contribution in [0.2, 0.25) is 0 Å². The number of halogens is 1. The SMILES string of the molecule is CCNC(=NCc1cccc(C(=O)N2CCCCC2)c1)NC1CC2CCC1O2.I. The van der Waals surface area contributed by atoms with Crippen LogP contribution in [0.25, 0.3) is 0 Å². The molecule has 0 aromatic heterocycles. The van der Waals surface area contributed by atoms with Crippen molar-refractivity contribution in [3.05, 3.63) is 35.4 Å². The molecule has 7 heteroatoms. The van der Waals surface area contributed by atoms with Gasteiger partial charge >= 0.3 is 0 Å². The number of likely N-dealkylation sites (tertiary alicyclic amines) is 1. The lowest BCUT2D eigenvalue weighted by Crippen LogP contribution is -2.47. The topological polar surface area (TPSA) is 66.0 Å². The molecule has 3 unspecified atom stereocenters. The Labute approximate surface area is 190 Å². The zero-order valence-electron chi connectivity index (χ0n) is 17.2. The third-order valence-electron chi connectivity index (χ3n) is 6.01. The first-order valence-corrected chi connectivity index (χ1v) is 10.8. The van der Waals surface area contributed by atoms with E-state index >= 15 is 0 Å². The molecule has 4 rings (SSSR count).